The van der Waals surface area contributed by atoms with Crippen LogP contribution in [0.15, 0.2) is 170 Å². The second kappa shape index (κ2) is 12.1. The Labute approximate surface area is 346 Å². The van der Waals surface area contributed by atoms with Crippen LogP contribution in [0.4, 0.5) is 11.4 Å². The molecule has 3 aliphatic rings. The average molecular weight is 758 g/mol. The van der Waals surface area contributed by atoms with Gasteiger partial charge in [-0.25, -0.2) is 0 Å². The summed E-state index contributed by atoms with van der Waals surface area (Å²) in [7, 11) is 2.14. The molecule has 2 nitrogen and oxygen atoms in total. The van der Waals surface area contributed by atoms with Crippen molar-refractivity contribution >= 4 is 32.9 Å². The first-order valence-electron chi connectivity index (χ1n) is 20.8. The SMILES string of the molecule is CN1c2ccccc2Oc2ccc(-c3c4ccccc4c(-c4ccc5c(c4)-c4ccccc4C5(C)C)c4cc(-c5ccc6c(c5)C(C)(C)c5ccccc5-6)ccc34)cc21. The third kappa shape index (κ3) is 4.75. The second-order valence-corrected chi connectivity index (χ2v) is 17.7. The van der Waals surface area contributed by atoms with Crippen molar-refractivity contribution in [2.75, 3.05) is 11.9 Å². The van der Waals surface area contributed by atoms with Crippen molar-refractivity contribution in [3.05, 3.63) is 192 Å². The van der Waals surface area contributed by atoms with Crippen molar-refractivity contribution in [3.63, 3.8) is 0 Å². The van der Waals surface area contributed by atoms with Gasteiger partial charge in [0.2, 0.25) is 0 Å². The van der Waals surface area contributed by atoms with Gasteiger partial charge in [-0.15, -0.1) is 0 Å². The summed E-state index contributed by atoms with van der Waals surface area (Å²) in [5.74, 6) is 1.74. The van der Waals surface area contributed by atoms with Crippen LogP contribution < -0.4 is 9.64 Å². The Morgan fingerprint density at radius 2 is 0.864 bits per heavy atom. The van der Waals surface area contributed by atoms with E-state index in [2.05, 4.69) is 197 Å². The summed E-state index contributed by atoms with van der Waals surface area (Å²) < 4.78 is 6.46. The number of para-hydroxylation sites is 2. The van der Waals surface area contributed by atoms with Crippen molar-refractivity contribution in [3.8, 4) is 67.1 Å². The molecule has 59 heavy (non-hydrogen) atoms. The lowest BCUT2D eigenvalue weighted by Gasteiger charge is -2.30. The molecule has 0 fully saturated rings. The van der Waals surface area contributed by atoms with Crippen LogP contribution in [-0.4, -0.2) is 7.05 Å². The van der Waals surface area contributed by atoms with E-state index in [1.165, 1.54) is 99.4 Å². The van der Waals surface area contributed by atoms with Crippen molar-refractivity contribution in [1.82, 2.24) is 0 Å². The van der Waals surface area contributed by atoms with E-state index in [-0.39, 0.29) is 10.8 Å². The number of hydrogen-bond donors (Lipinski definition) is 0. The molecule has 0 amide bonds. The van der Waals surface area contributed by atoms with Crippen LogP contribution in [0, 0.1) is 0 Å². The highest BCUT2D eigenvalue weighted by molar-refractivity contribution is 6.22. The first-order chi connectivity index (χ1) is 28.7. The number of fused-ring (bicyclic) bond motifs is 10. The molecule has 9 aromatic carbocycles. The Morgan fingerprint density at radius 3 is 1.64 bits per heavy atom. The van der Waals surface area contributed by atoms with Crippen molar-refractivity contribution in [2.45, 2.75) is 38.5 Å². The van der Waals surface area contributed by atoms with Gasteiger partial charge in [0, 0.05) is 17.9 Å². The van der Waals surface area contributed by atoms with E-state index in [0.717, 1.165) is 22.9 Å². The minimum absolute atomic E-state index is 0.0591. The fourth-order valence-electron chi connectivity index (χ4n) is 10.8. The van der Waals surface area contributed by atoms with Gasteiger partial charge in [0.25, 0.3) is 0 Å². The van der Waals surface area contributed by atoms with E-state index < -0.39 is 0 Å². The van der Waals surface area contributed by atoms with Crippen molar-refractivity contribution < 1.29 is 4.74 Å². The van der Waals surface area contributed by atoms with Crippen LogP contribution in [0.2, 0.25) is 0 Å². The van der Waals surface area contributed by atoms with Gasteiger partial charge in [-0.2, -0.15) is 0 Å². The average Bonchev–Trinajstić information content (AvgIpc) is 3.64. The molecule has 0 atom stereocenters. The lowest BCUT2D eigenvalue weighted by atomic mass is 9.80. The second-order valence-electron chi connectivity index (χ2n) is 17.7. The first-order valence-corrected chi connectivity index (χ1v) is 20.8. The molecular weight excluding hydrogens is 715 g/mol. The molecule has 0 unspecified atom stereocenters. The Bertz CT molecular complexity index is 3270. The Hall–Kier alpha value is -6.90. The van der Waals surface area contributed by atoms with Crippen LogP contribution in [-0.2, 0) is 10.8 Å². The van der Waals surface area contributed by atoms with Gasteiger partial charge >= 0.3 is 0 Å². The molecule has 0 saturated heterocycles. The van der Waals surface area contributed by atoms with Crippen molar-refractivity contribution in [2.24, 2.45) is 0 Å². The van der Waals surface area contributed by atoms with E-state index in [9.17, 15) is 0 Å². The van der Waals surface area contributed by atoms with Gasteiger partial charge in [-0.1, -0.05) is 155 Å². The summed E-state index contributed by atoms with van der Waals surface area (Å²) in [6.07, 6.45) is 0. The molecule has 1 heterocycles. The molecule has 282 valence electrons. The van der Waals surface area contributed by atoms with E-state index in [4.69, 9.17) is 4.74 Å². The Balaban J connectivity index is 1.12. The molecule has 0 spiro atoms. The van der Waals surface area contributed by atoms with Gasteiger partial charge in [0.05, 0.1) is 11.4 Å². The van der Waals surface area contributed by atoms with Gasteiger partial charge in [-0.3, -0.25) is 0 Å². The smallest absolute Gasteiger partial charge is 0.151 e. The molecule has 2 heteroatoms. The molecule has 2 aliphatic carbocycles. The topological polar surface area (TPSA) is 12.5 Å². The summed E-state index contributed by atoms with van der Waals surface area (Å²) in [5, 5.41) is 4.96. The van der Waals surface area contributed by atoms with E-state index >= 15 is 0 Å². The predicted octanol–water partition coefficient (Wildman–Crippen LogP) is 15.5. The molecule has 12 rings (SSSR count). The molecule has 0 bridgehead atoms. The van der Waals surface area contributed by atoms with Gasteiger partial charge < -0.3 is 9.64 Å². The highest BCUT2D eigenvalue weighted by Gasteiger charge is 2.37. The van der Waals surface area contributed by atoms with Gasteiger partial charge in [0.15, 0.2) is 11.5 Å². The summed E-state index contributed by atoms with van der Waals surface area (Å²) in [6.45, 7) is 9.45. The van der Waals surface area contributed by atoms with Crippen molar-refractivity contribution in [1.29, 1.82) is 0 Å². The monoisotopic (exact) mass is 757 g/mol. The maximum absolute atomic E-state index is 6.46. The minimum atomic E-state index is -0.0777. The van der Waals surface area contributed by atoms with Crippen LogP contribution in [0.5, 0.6) is 11.5 Å². The highest BCUT2D eigenvalue weighted by Crippen LogP contribution is 2.54. The molecule has 0 radical (unpaired) electrons. The van der Waals surface area contributed by atoms with Crippen LogP contribution in [0.1, 0.15) is 49.9 Å². The molecule has 9 aromatic rings. The zero-order valence-corrected chi connectivity index (χ0v) is 34.0. The quantitative estimate of drug-likeness (QED) is 0.166. The minimum Gasteiger partial charge on any atom is -0.453 e. The standard InChI is InChI=1S/C57H43NO/c1-56(2)47-19-11-9-15-39(47)44-31-36(24-28-48(44)56)55-42-17-7-6-16-41(42)54(37-25-29-53-51(33-37)58(5)50-20-12-13-21-52(50)59-53)43-27-23-34(30-45(43)55)35-22-26-40-38-14-8-10-18-46(38)57(3,4)49(40)32-35/h6-33H,1-5H3. The normalized spacial score (nSPS) is 14.9. The molecule has 0 N–H and O–H groups in total. The van der Waals surface area contributed by atoms with Crippen LogP contribution in [0.25, 0.3) is 77.2 Å². The summed E-state index contributed by atoms with van der Waals surface area (Å²) in [5.41, 5.74) is 20.3. The zero-order valence-electron chi connectivity index (χ0n) is 34.0. The third-order valence-electron chi connectivity index (χ3n) is 13.9. The predicted molar refractivity (Wildman–Crippen MR) is 247 cm³/mol. The number of ether oxygens (including phenoxy) is 1. The fourth-order valence-corrected chi connectivity index (χ4v) is 10.8. The number of anilines is 2. The van der Waals surface area contributed by atoms with E-state index in [1.54, 1.807) is 0 Å². The molecular formula is C57H43NO. The van der Waals surface area contributed by atoms with Crippen LogP contribution in [0.3, 0.4) is 0 Å². The fraction of sp³-hybridized carbons (Fsp3) is 0.123. The van der Waals surface area contributed by atoms with Gasteiger partial charge in [0.1, 0.15) is 0 Å². The lowest BCUT2D eigenvalue weighted by molar-refractivity contribution is 0.475. The van der Waals surface area contributed by atoms with Crippen LogP contribution >= 0.6 is 0 Å². The van der Waals surface area contributed by atoms with E-state index in [1.807, 2.05) is 12.1 Å². The number of benzene rings is 9. The van der Waals surface area contributed by atoms with Gasteiger partial charge in [-0.05, 0) is 142 Å². The maximum atomic E-state index is 6.46. The zero-order chi connectivity index (χ0) is 39.8. The summed E-state index contributed by atoms with van der Waals surface area (Å²) >= 11 is 0. The third-order valence-corrected chi connectivity index (χ3v) is 13.9. The Kier molecular flexibility index (Phi) is 6.99. The molecule has 0 aromatic heterocycles. The number of hydrogen-bond acceptors (Lipinski definition) is 2. The van der Waals surface area contributed by atoms with E-state index in [0.29, 0.717) is 0 Å². The molecule has 0 saturated carbocycles. The molecule has 1 aliphatic heterocycles. The maximum Gasteiger partial charge on any atom is 0.151 e. The Morgan fingerprint density at radius 1 is 0.356 bits per heavy atom. The summed E-state index contributed by atoms with van der Waals surface area (Å²) in [4.78, 5) is 2.26. The number of nitrogens with zero attached hydrogens (tertiary/aromatic N) is 1. The summed E-state index contributed by atoms with van der Waals surface area (Å²) in [6, 6.07) is 63.4. The first kappa shape index (κ1) is 34.2. The lowest BCUT2D eigenvalue weighted by Crippen LogP contribution is -2.15. The highest BCUT2D eigenvalue weighted by atomic mass is 16.5. The number of rotatable bonds is 3. The largest absolute Gasteiger partial charge is 0.453 e.